The van der Waals surface area contributed by atoms with Crippen LogP contribution in [0.4, 0.5) is 11.4 Å². The van der Waals surface area contributed by atoms with Gasteiger partial charge in [-0.1, -0.05) is 24.3 Å². The lowest BCUT2D eigenvalue weighted by Crippen LogP contribution is -2.31. The largest absolute Gasteiger partial charge is 0.371 e. The molecule has 138 valence electrons. The molecule has 26 heavy (non-hydrogen) atoms. The summed E-state index contributed by atoms with van der Waals surface area (Å²) in [6, 6.07) is 16.6. The fraction of sp³-hybridized carbons (Fsp3) is 0.455. The Labute approximate surface area is 159 Å². The average molecular weight is 369 g/mol. The van der Waals surface area contributed by atoms with E-state index < -0.39 is 10.8 Å². The molecule has 3 nitrogen and oxygen atoms in total. The first-order valence-corrected chi connectivity index (χ1v) is 11.1. The predicted octanol–water partition coefficient (Wildman–Crippen LogP) is 4.83. The van der Waals surface area contributed by atoms with E-state index in [1.54, 1.807) is 0 Å². The van der Waals surface area contributed by atoms with Gasteiger partial charge in [0.15, 0.2) is 0 Å². The Balaban J connectivity index is 1.68. The van der Waals surface area contributed by atoms with Crippen molar-refractivity contribution < 1.29 is 4.21 Å². The van der Waals surface area contributed by atoms with Crippen molar-refractivity contribution in [1.29, 1.82) is 0 Å². The molecule has 0 saturated carbocycles. The lowest BCUT2D eigenvalue weighted by Gasteiger charge is -2.32. The maximum atomic E-state index is 13.6. The zero-order valence-corrected chi connectivity index (χ0v) is 16.2. The van der Waals surface area contributed by atoms with Crippen LogP contribution < -0.4 is 9.80 Å². The number of benzene rings is 2. The van der Waals surface area contributed by atoms with E-state index in [9.17, 15) is 4.21 Å². The van der Waals surface area contributed by atoms with Crippen molar-refractivity contribution in [2.75, 3.05) is 36.0 Å². The second kappa shape index (κ2) is 8.26. The van der Waals surface area contributed by atoms with E-state index in [0.717, 1.165) is 47.3 Å². The minimum atomic E-state index is -1.16. The van der Waals surface area contributed by atoms with Crippen molar-refractivity contribution in [3.8, 4) is 0 Å². The second-order valence-corrected chi connectivity index (χ2v) is 8.72. The van der Waals surface area contributed by atoms with Crippen molar-refractivity contribution in [2.45, 2.75) is 48.3 Å². The van der Waals surface area contributed by atoms with Crippen LogP contribution in [0.5, 0.6) is 0 Å². The van der Waals surface area contributed by atoms with Crippen LogP contribution in [0.3, 0.4) is 0 Å². The van der Waals surface area contributed by atoms with Gasteiger partial charge in [0.05, 0.1) is 32.0 Å². The Kier molecular flexibility index (Phi) is 5.59. The Bertz CT molecular complexity index is 701. The fourth-order valence-corrected chi connectivity index (χ4v) is 5.55. The molecule has 0 radical (unpaired) electrons. The Morgan fingerprint density at radius 1 is 0.577 bits per heavy atom. The molecule has 0 amide bonds. The smallest absolute Gasteiger partial charge is 0.0891 e. The molecule has 4 heteroatoms. The summed E-state index contributed by atoms with van der Waals surface area (Å²) < 4.78 is 13.6. The number of piperidine rings is 2. The average Bonchev–Trinajstić information content (AvgIpc) is 2.74. The first-order chi connectivity index (χ1) is 12.8. The third-order valence-electron chi connectivity index (χ3n) is 5.52. The van der Waals surface area contributed by atoms with Crippen LogP contribution in [-0.4, -0.2) is 30.4 Å². The van der Waals surface area contributed by atoms with Crippen molar-refractivity contribution in [3.63, 3.8) is 0 Å². The first kappa shape index (κ1) is 17.6. The van der Waals surface area contributed by atoms with Crippen LogP contribution in [0.25, 0.3) is 0 Å². The highest BCUT2D eigenvalue weighted by Crippen LogP contribution is 2.34. The van der Waals surface area contributed by atoms with E-state index in [1.165, 1.54) is 38.5 Å². The SMILES string of the molecule is O=S(c1ccccc1N1CCCCC1)c1ccccc1N1CCCCC1. The molecule has 0 unspecified atom stereocenters. The third kappa shape index (κ3) is 3.66. The Morgan fingerprint density at radius 2 is 0.962 bits per heavy atom. The monoisotopic (exact) mass is 368 g/mol. The molecule has 0 N–H and O–H groups in total. The zero-order chi connectivity index (χ0) is 17.8. The lowest BCUT2D eigenvalue weighted by atomic mass is 10.1. The van der Waals surface area contributed by atoms with E-state index in [0.29, 0.717) is 0 Å². The minimum Gasteiger partial charge on any atom is -0.371 e. The van der Waals surface area contributed by atoms with Crippen molar-refractivity contribution in [3.05, 3.63) is 48.5 Å². The molecule has 0 atom stereocenters. The van der Waals surface area contributed by atoms with Crippen molar-refractivity contribution in [2.24, 2.45) is 0 Å². The van der Waals surface area contributed by atoms with E-state index in [4.69, 9.17) is 0 Å². The minimum absolute atomic E-state index is 0.957. The van der Waals surface area contributed by atoms with Crippen molar-refractivity contribution >= 4 is 22.2 Å². The van der Waals surface area contributed by atoms with Gasteiger partial charge in [0.25, 0.3) is 0 Å². The fourth-order valence-electron chi connectivity index (χ4n) is 4.14. The van der Waals surface area contributed by atoms with Gasteiger partial charge >= 0.3 is 0 Å². The molecule has 2 fully saturated rings. The summed E-state index contributed by atoms with van der Waals surface area (Å²) in [6.45, 7) is 4.29. The summed E-state index contributed by atoms with van der Waals surface area (Å²) in [6.07, 6.45) is 7.52. The molecule has 0 aromatic heterocycles. The normalized spacial score (nSPS) is 18.3. The highest BCUT2D eigenvalue weighted by molar-refractivity contribution is 7.85. The van der Waals surface area contributed by atoms with E-state index in [-0.39, 0.29) is 0 Å². The van der Waals surface area contributed by atoms with Crippen molar-refractivity contribution in [1.82, 2.24) is 0 Å². The first-order valence-electron chi connectivity index (χ1n) is 9.94. The molecule has 2 aromatic carbocycles. The van der Waals surface area contributed by atoms with Gasteiger partial charge in [-0.3, -0.25) is 0 Å². The number of para-hydroxylation sites is 2. The molecular formula is C22H28N2OS. The van der Waals surface area contributed by atoms with Crippen LogP contribution in [0.15, 0.2) is 58.3 Å². The zero-order valence-electron chi connectivity index (χ0n) is 15.4. The summed E-state index contributed by atoms with van der Waals surface area (Å²) in [5.74, 6) is 0. The number of anilines is 2. The summed E-state index contributed by atoms with van der Waals surface area (Å²) >= 11 is 0. The molecule has 0 aliphatic carbocycles. The molecule has 2 aliphatic rings. The number of rotatable bonds is 4. The van der Waals surface area contributed by atoms with Crippen LogP contribution in [0.2, 0.25) is 0 Å². The molecule has 2 aromatic rings. The van der Waals surface area contributed by atoms with Gasteiger partial charge in [-0.05, 0) is 62.8 Å². The van der Waals surface area contributed by atoms with Gasteiger partial charge in [0, 0.05) is 26.2 Å². The Morgan fingerprint density at radius 3 is 1.38 bits per heavy atom. The molecule has 2 aliphatic heterocycles. The highest BCUT2D eigenvalue weighted by Gasteiger charge is 2.22. The predicted molar refractivity (Wildman–Crippen MR) is 110 cm³/mol. The highest BCUT2D eigenvalue weighted by atomic mass is 32.2. The maximum absolute atomic E-state index is 13.6. The maximum Gasteiger partial charge on any atom is 0.0891 e. The standard InChI is InChI=1S/C22H28N2OS/c25-26(21-13-5-3-11-19(21)23-15-7-1-8-16-23)22-14-6-4-12-20(22)24-17-9-2-10-18-24/h3-6,11-14H,1-2,7-10,15-18H2. The molecule has 4 rings (SSSR count). The lowest BCUT2D eigenvalue weighted by molar-refractivity contribution is 0.573. The molecule has 0 bridgehead atoms. The molecular weight excluding hydrogens is 340 g/mol. The van der Waals surface area contributed by atoms with Gasteiger partial charge in [0.2, 0.25) is 0 Å². The Hall–Kier alpha value is -1.81. The summed E-state index contributed by atoms with van der Waals surface area (Å²) in [4.78, 5) is 6.75. The van der Waals surface area contributed by atoms with E-state index in [1.807, 2.05) is 24.3 Å². The second-order valence-electron chi connectivity index (χ2n) is 7.30. The third-order valence-corrected chi connectivity index (χ3v) is 7.01. The quantitative estimate of drug-likeness (QED) is 0.772. The van der Waals surface area contributed by atoms with Gasteiger partial charge in [-0.2, -0.15) is 0 Å². The van der Waals surface area contributed by atoms with Gasteiger partial charge in [0.1, 0.15) is 0 Å². The van der Waals surface area contributed by atoms with E-state index in [2.05, 4.69) is 34.1 Å². The molecule has 2 saturated heterocycles. The molecule has 2 heterocycles. The van der Waals surface area contributed by atoms with Crippen LogP contribution in [-0.2, 0) is 10.8 Å². The van der Waals surface area contributed by atoms with Gasteiger partial charge in [-0.25, -0.2) is 4.21 Å². The van der Waals surface area contributed by atoms with Crippen LogP contribution in [0.1, 0.15) is 38.5 Å². The summed E-state index contributed by atoms with van der Waals surface area (Å²) in [7, 11) is -1.16. The van der Waals surface area contributed by atoms with Crippen LogP contribution >= 0.6 is 0 Å². The molecule has 0 spiro atoms. The van der Waals surface area contributed by atoms with Gasteiger partial charge < -0.3 is 9.80 Å². The number of hydrogen-bond acceptors (Lipinski definition) is 3. The number of hydrogen-bond donors (Lipinski definition) is 0. The summed E-state index contributed by atoms with van der Waals surface area (Å²) in [5.41, 5.74) is 2.30. The summed E-state index contributed by atoms with van der Waals surface area (Å²) in [5, 5.41) is 0. The number of nitrogens with zero attached hydrogens (tertiary/aromatic N) is 2. The van der Waals surface area contributed by atoms with Crippen LogP contribution in [0, 0.1) is 0 Å². The van der Waals surface area contributed by atoms with Gasteiger partial charge in [-0.15, -0.1) is 0 Å². The van der Waals surface area contributed by atoms with E-state index >= 15 is 0 Å². The topological polar surface area (TPSA) is 23.6 Å².